The zero-order valence-electron chi connectivity index (χ0n) is 7.13. The molecule has 13 heavy (non-hydrogen) atoms. The number of anilines is 1. The quantitative estimate of drug-likeness (QED) is 0.739. The molecule has 1 aromatic rings. The second-order valence-electron chi connectivity index (χ2n) is 2.86. The third-order valence-electron chi connectivity index (χ3n) is 1.87. The van der Waals surface area contributed by atoms with Gasteiger partial charge in [-0.25, -0.2) is 0 Å². The van der Waals surface area contributed by atoms with E-state index in [1.165, 1.54) is 0 Å². The lowest BCUT2D eigenvalue weighted by Crippen LogP contribution is -2.13. The molecule has 0 saturated carbocycles. The Morgan fingerprint density at radius 1 is 1.46 bits per heavy atom. The van der Waals surface area contributed by atoms with E-state index in [-0.39, 0.29) is 12.5 Å². The second kappa shape index (κ2) is 4.44. The topological polar surface area (TPSA) is 52.0 Å². The number of rotatable bonds is 3. The summed E-state index contributed by atoms with van der Waals surface area (Å²) in [6, 6.07) is 4.67. The molecule has 0 fully saturated rings. The summed E-state index contributed by atoms with van der Waals surface area (Å²) in [5.41, 5.74) is 12.6. The minimum Gasteiger partial charge on any atom is -0.398 e. The molecule has 0 aliphatic carbocycles. The molecule has 0 heterocycles. The van der Waals surface area contributed by atoms with Gasteiger partial charge in [0.2, 0.25) is 0 Å². The van der Waals surface area contributed by atoms with Gasteiger partial charge in [-0.2, -0.15) is 0 Å². The Morgan fingerprint density at radius 2 is 2.15 bits per heavy atom. The number of halogens is 2. The van der Waals surface area contributed by atoms with Gasteiger partial charge in [0.05, 0.1) is 6.67 Å². The Hall–Kier alpha value is -0.800. The minimum absolute atomic E-state index is 0.268. The van der Waals surface area contributed by atoms with Crippen molar-refractivity contribution in [1.82, 2.24) is 0 Å². The second-order valence-corrected chi connectivity index (χ2v) is 3.29. The number of hydrogen-bond acceptors (Lipinski definition) is 2. The maximum Gasteiger partial charge on any atom is 0.0912 e. The molecule has 0 spiro atoms. The Balaban J connectivity index is 2.91. The van der Waals surface area contributed by atoms with E-state index in [1.807, 2.05) is 0 Å². The smallest absolute Gasteiger partial charge is 0.0912 e. The minimum atomic E-state index is -0.451. The van der Waals surface area contributed by atoms with Crippen molar-refractivity contribution >= 4 is 17.3 Å². The van der Waals surface area contributed by atoms with Crippen LogP contribution in [0.4, 0.5) is 10.1 Å². The van der Waals surface area contributed by atoms with Gasteiger partial charge in [-0.3, -0.25) is 4.39 Å². The Bertz CT molecular complexity index is 291. The number of nitrogens with two attached hydrogens (primary N) is 2. The molecule has 0 radical (unpaired) electrons. The molecule has 4 N–H and O–H groups in total. The summed E-state index contributed by atoms with van der Waals surface area (Å²) in [6.07, 6.45) is 0.268. The predicted molar refractivity (Wildman–Crippen MR) is 53.4 cm³/mol. The first-order valence-corrected chi connectivity index (χ1v) is 4.39. The molecule has 0 bridgehead atoms. The molecule has 1 aromatic carbocycles. The Kier molecular flexibility index (Phi) is 3.51. The fourth-order valence-electron chi connectivity index (χ4n) is 1.14. The highest BCUT2D eigenvalue weighted by molar-refractivity contribution is 6.30. The number of alkyl halides is 1. The van der Waals surface area contributed by atoms with Crippen LogP contribution in [0.25, 0.3) is 0 Å². The average Bonchev–Trinajstić information content (AvgIpc) is 2.09. The molecular weight excluding hydrogens is 191 g/mol. The van der Waals surface area contributed by atoms with Crippen LogP contribution in [-0.4, -0.2) is 6.67 Å². The van der Waals surface area contributed by atoms with Crippen molar-refractivity contribution in [2.45, 2.75) is 12.5 Å². The van der Waals surface area contributed by atoms with Crippen LogP contribution < -0.4 is 11.5 Å². The van der Waals surface area contributed by atoms with Crippen molar-refractivity contribution in [1.29, 1.82) is 0 Å². The zero-order chi connectivity index (χ0) is 9.84. The molecule has 1 rings (SSSR count). The molecule has 4 heteroatoms. The molecular formula is C9H12ClFN2. The Labute approximate surface area is 81.7 Å². The lowest BCUT2D eigenvalue weighted by molar-refractivity contribution is 0.442. The number of nitrogen functional groups attached to an aromatic ring is 1. The highest BCUT2D eigenvalue weighted by Crippen LogP contribution is 2.24. The van der Waals surface area contributed by atoms with Gasteiger partial charge in [-0.1, -0.05) is 11.6 Å². The normalized spacial score (nSPS) is 12.8. The van der Waals surface area contributed by atoms with E-state index in [0.29, 0.717) is 16.3 Å². The summed E-state index contributed by atoms with van der Waals surface area (Å²) in [7, 11) is 0. The molecule has 0 aliphatic rings. The van der Waals surface area contributed by atoms with Crippen molar-refractivity contribution in [2.24, 2.45) is 5.73 Å². The first kappa shape index (κ1) is 10.3. The third-order valence-corrected chi connectivity index (χ3v) is 2.10. The van der Waals surface area contributed by atoms with Gasteiger partial charge in [0.1, 0.15) is 0 Å². The van der Waals surface area contributed by atoms with Crippen molar-refractivity contribution in [3.63, 3.8) is 0 Å². The summed E-state index contributed by atoms with van der Waals surface area (Å²) in [5.74, 6) is 0. The summed E-state index contributed by atoms with van der Waals surface area (Å²) >= 11 is 5.76. The fraction of sp³-hybridized carbons (Fsp3) is 0.333. The van der Waals surface area contributed by atoms with E-state index >= 15 is 0 Å². The fourth-order valence-corrected chi connectivity index (χ4v) is 1.32. The maximum absolute atomic E-state index is 12.0. The van der Waals surface area contributed by atoms with Crippen LogP contribution in [0.15, 0.2) is 18.2 Å². The molecule has 0 amide bonds. The van der Waals surface area contributed by atoms with Crippen LogP contribution in [0.2, 0.25) is 5.02 Å². The highest BCUT2D eigenvalue weighted by atomic mass is 35.5. The molecule has 0 aromatic heterocycles. The zero-order valence-corrected chi connectivity index (χ0v) is 7.89. The highest BCUT2D eigenvalue weighted by Gasteiger charge is 2.09. The van der Waals surface area contributed by atoms with E-state index in [2.05, 4.69) is 0 Å². The molecule has 2 nitrogen and oxygen atoms in total. The molecule has 72 valence electrons. The lowest BCUT2D eigenvalue weighted by atomic mass is 10.0. The van der Waals surface area contributed by atoms with Crippen molar-refractivity contribution in [3.8, 4) is 0 Å². The standard InChI is InChI=1S/C9H12ClFN2/c10-6-1-2-8(12)7(5-6)9(13)3-4-11/h1-2,5,9H,3-4,12-13H2/t9-/m1/s1. The van der Waals surface area contributed by atoms with Crippen LogP contribution in [0, 0.1) is 0 Å². The van der Waals surface area contributed by atoms with Crippen LogP contribution in [0.3, 0.4) is 0 Å². The van der Waals surface area contributed by atoms with Crippen molar-refractivity contribution < 1.29 is 4.39 Å². The summed E-state index contributed by atoms with van der Waals surface area (Å²) < 4.78 is 12.0. The van der Waals surface area contributed by atoms with Crippen LogP contribution in [0.5, 0.6) is 0 Å². The van der Waals surface area contributed by atoms with Crippen molar-refractivity contribution in [3.05, 3.63) is 28.8 Å². The van der Waals surface area contributed by atoms with Crippen LogP contribution in [0.1, 0.15) is 18.0 Å². The first-order valence-electron chi connectivity index (χ1n) is 4.01. The summed E-state index contributed by atoms with van der Waals surface area (Å²) in [4.78, 5) is 0. The van der Waals surface area contributed by atoms with Gasteiger partial charge in [0.25, 0.3) is 0 Å². The van der Waals surface area contributed by atoms with Gasteiger partial charge in [-0.05, 0) is 30.2 Å². The van der Waals surface area contributed by atoms with Gasteiger partial charge < -0.3 is 11.5 Å². The van der Waals surface area contributed by atoms with Gasteiger partial charge in [0.15, 0.2) is 0 Å². The van der Waals surface area contributed by atoms with Crippen molar-refractivity contribution in [2.75, 3.05) is 12.4 Å². The van der Waals surface area contributed by atoms with E-state index < -0.39 is 6.67 Å². The average molecular weight is 203 g/mol. The van der Waals surface area contributed by atoms with Gasteiger partial charge >= 0.3 is 0 Å². The molecule has 1 atom stereocenters. The molecule has 0 aliphatic heterocycles. The predicted octanol–water partition coefficient (Wildman–Crippen LogP) is 2.28. The summed E-state index contributed by atoms with van der Waals surface area (Å²) in [5, 5.41) is 0.568. The first-order chi connectivity index (χ1) is 6.15. The monoisotopic (exact) mass is 202 g/mol. The van der Waals surface area contributed by atoms with E-state index in [1.54, 1.807) is 18.2 Å². The molecule has 0 unspecified atom stereocenters. The number of hydrogen-bond donors (Lipinski definition) is 2. The largest absolute Gasteiger partial charge is 0.398 e. The van der Waals surface area contributed by atoms with Gasteiger partial charge in [-0.15, -0.1) is 0 Å². The lowest BCUT2D eigenvalue weighted by Gasteiger charge is -2.12. The Morgan fingerprint density at radius 3 is 2.77 bits per heavy atom. The van der Waals surface area contributed by atoms with E-state index in [0.717, 1.165) is 0 Å². The SMILES string of the molecule is Nc1ccc(Cl)cc1[C@H](N)CCF. The van der Waals surface area contributed by atoms with Gasteiger partial charge in [0, 0.05) is 16.8 Å². The van der Waals surface area contributed by atoms with E-state index in [9.17, 15) is 4.39 Å². The maximum atomic E-state index is 12.0. The van der Waals surface area contributed by atoms with Crippen LogP contribution in [-0.2, 0) is 0 Å². The number of benzene rings is 1. The summed E-state index contributed by atoms with van der Waals surface area (Å²) in [6.45, 7) is -0.451. The van der Waals surface area contributed by atoms with Crippen LogP contribution >= 0.6 is 11.6 Å². The molecule has 0 saturated heterocycles. The van der Waals surface area contributed by atoms with E-state index in [4.69, 9.17) is 23.1 Å². The third kappa shape index (κ3) is 2.57.